The lowest BCUT2D eigenvalue weighted by atomic mass is 10.1. The van der Waals surface area contributed by atoms with E-state index in [9.17, 15) is 0 Å². The third kappa shape index (κ3) is 4.27. The first kappa shape index (κ1) is 19.1. The van der Waals surface area contributed by atoms with Crippen LogP contribution in [0.25, 0.3) is 11.0 Å². The first-order valence-electron chi connectivity index (χ1n) is 9.94. The summed E-state index contributed by atoms with van der Waals surface area (Å²) >= 11 is 0. The van der Waals surface area contributed by atoms with Crippen LogP contribution < -0.4 is 9.47 Å². The van der Waals surface area contributed by atoms with Crippen LogP contribution in [0, 0.1) is 20.8 Å². The van der Waals surface area contributed by atoms with Crippen LogP contribution in [0.2, 0.25) is 0 Å². The lowest BCUT2D eigenvalue weighted by Crippen LogP contribution is -2.13. The molecule has 0 saturated carbocycles. The van der Waals surface area contributed by atoms with Crippen molar-refractivity contribution >= 4 is 11.0 Å². The fourth-order valence-corrected chi connectivity index (χ4v) is 3.40. The van der Waals surface area contributed by atoms with Crippen molar-refractivity contribution in [3.05, 3.63) is 89.2 Å². The number of imidazole rings is 1. The van der Waals surface area contributed by atoms with Crippen molar-refractivity contribution in [3.63, 3.8) is 0 Å². The minimum atomic E-state index is 0.420. The Hall–Kier alpha value is -3.27. The molecule has 29 heavy (non-hydrogen) atoms. The van der Waals surface area contributed by atoms with Crippen LogP contribution in [-0.2, 0) is 13.2 Å². The Bertz CT molecular complexity index is 1130. The molecule has 0 amide bonds. The van der Waals surface area contributed by atoms with Gasteiger partial charge in [0.2, 0.25) is 0 Å². The molecular formula is C25H26N2O2. The number of nitrogens with zero attached hydrogens (tertiary/aromatic N) is 2. The molecule has 0 atom stereocenters. The molecule has 0 saturated heterocycles. The van der Waals surface area contributed by atoms with E-state index in [1.165, 1.54) is 11.1 Å². The van der Waals surface area contributed by atoms with Crippen LogP contribution in [0.5, 0.6) is 11.5 Å². The maximum atomic E-state index is 6.06. The molecular weight excluding hydrogens is 360 g/mol. The lowest BCUT2D eigenvalue weighted by molar-refractivity contribution is 0.271. The van der Waals surface area contributed by atoms with E-state index in [0.29, 0.717) is 19.8 Å². The van der Waals surface area contributed by atoms with Crippen molar-refractivity contribution in [3.8, 4) is 11.5 Å². The van der Waals surface area contributed by atoms with Gasteiger partial charge in [0.15, 0.2) is 0 Å². The van der Waals surface area contributed by atoms with E-state index in [2.05, 4.69) is 49.6 Å². The van der Waals surface area contributed by atoms with Crippen LogP contribution in [-0.4, -0.2) is 16.2 Å². The number of ether oxygens (including phenoxy) is 2. The van der Waals surface area contributed by atoms with Gasteiger partial charge in [0.25, 0.3) is 0 Å². The molecule has 0 spiro atoms. The van der Waals surface area contributed by atoms with Gasteiger partial charge in [0.05, 0.1) is 17.6 Å². The topological polar surface area (TPSA) is 36.3 Å². The zero-order valence-corrected chi connectivity index (χ0v) is 17.2. The highest BCUT2D eigenvalue weighted by molar-refractivity contribution is 5.75. The second-order valence-electron chi connectivity index (χ2n) is 7.32. The Labute approximate surface area is 171 Å². The Kier molecular flexibility index (Phi) is 5.52. The minimum Gasteiger partial charge on any atom is -0.492 e. The van der Waals surface area contributed by atoms with Crippen molar-refractivity contribution < 1.29 is 9.47 Å². The molecule has 0 aliphatic carbocycles. The van der Waals surface area contributed by atoms with Crippen molar-refractivity contribution in [1.82, 2.24) is 9.55 Å². The van der Waals surface area contributed by atoms with Gasteiger partial charge in [0.1, 0.15) is 30.5 Å². The first-order valence-corrected chi connectivity index (χ1v) is 9.94. The molecule has 4 rings (SSSR count). The summed E-state index contributed by atoms with van der Waals surface area (Å²) in [7, 11) is 0. The Balaban J connectivity index is 1.51. The predicted molar refractivity (Wildman–Crippen MR) is 117 cm³/mol. The number of hydrogen-bond acceptors (Lipinski definition) is 3. The van der Waals surface area contributed by atoms with E-state index in [1.54, 1.807) is 0 Å². The molecule has 3 aromatic carbocycles. The zero-order valence-electron chi connectivity index (χ0n) is 17.2. The Morgan fingerprint density at radius 1 is 0.793 bits per heavy atom. The van der Waals surface area contributed by atoms with Gasteiger partial charge >= 0.3 is 0 Å². The third-order valence-electron chi connectivity index (χ3n) is 5.25. The SMILES string of the molecule is Cc1ccc(OCCn2c(COc3ccccc3C)nc3ccccc32)cc1C. The van der Waals surface area contributed by atoms with Gasteiger partial charge < -0.3 is 14.0 Å². The van der Waals surface area contributed by atoms with Crippen molar-refractivity contribution in [2.45, 2.75) is 33.9 Å². The van der Waals surface area contributed by atoms with E-state index < -0.39 is 0 Å². The molecule has 1 heterocycles. The Morgan fingerprint density at radius 3 is 2.41 bits per heavy atom. The molecule has 0 fully saturated rings. The number of hydrogen-bond donors (Lipinski definition) is 0. The monoisotopic (exact) mass is 386 g/mol. The smallest absolute Gasteiger partial charge is 0.148 e. The number of aryl methyl sites for hydroxylation is 3. The summed E-state index contributed by atoms with van der Waals surface area (Å²) in [5.74, 6) is 2.69. The van der Waals surface area contributed by atoms with Crippen LogP contribution >= 0.6 is 0 Å². The van der Waals surface area contributed by atoms with Gasteiger partial charge in [-0.1, -0.05) is 36.4 Å². The van der Waals surface area contributed by atoms with E-state index in [0.717, 1.165) is 33.9 Å². The average Bonchev–Trinajstić information content (AvgIpc) is 3.08. The van der Waals surface area contributed by atoms with Gasteiger partial charge in [-0.2, -0.15) is 0 Å². The number of benzene rings is 3. The van der Waals surface area contributed by atoms with Crippen LogP contribution in [0.3, 0.4) is 0 Å². The summed E-state index contributed by atoms with van der Waals surface area (Å²) in [5, 5.41) is 0. The summed E-state index contributed by atoms with van der Waals surface area (Å²) in [6.07, 6.45) is 0. The second-order valence-corrected chi connectivity index (χ2v) is 7.32. The van der Waals surface area contributed by atoms with Crippen LogP contribution in [0.15, 0.2) is 66.7 Å². The highest BCUT2D eigenvalue weighted by Gasteiger charge is 2.12. The number of para-hydroxylation sites is 3. The fraction of sp³-hybridized carbons (Fsp3) is 0.240. The molecule has 0 N–H and O–H groups in total. The highest BCUT2D eigenvalue weighted by atomic mass is 16.5. The molecule has 4 aromatic rings. The molecule has 0 aliphatic heterocycles. The summed E-state index contributed by atoms with van der Waals surface area (Å²) in [6, 6.07) is 22.4. The van der Waals surface area contributed by atoms with E-state index in [1.807, 2.05) is 42.5 Å². The van der Waals surface area contributed by atoms with Crippen molar-refractivity contribution in [2.24, 2.45) is 0 Å². The standard InChI is InChI=1S/C25H26N2O2/c1-18-12-13-21(16-20(18)3)28-15-14-27-23-10-6-5-9-22(23)26-25(27)17-29-24-11-7-4-8-19(24)2/h4-13,16H,14-15,17H2,1-3H3. The molecule has 4 nitrogen and oxygen atoms in total. The number of aromatic nitrogens is 2. The summed E-state index contributed by atoms with van der Waals surface area (Å²) in [5.41, 5.74) is 5.70. The molecule has 1 aromatic heterocycles. The average molecular weight is 386 g/mol. The van der Waals surface area contributed by atoms with Crippen LogP contribution in [0.1, 0.15) is 22.5 Å². The summed E-state index contributed by atoms with van der Waals surface area (Å²) in [6.45, 7) is 7.96. The highest BCUT2D eigenvalue weighted by Crippen LogP contribution is 2.21. The van der Waals surface area contributed by atoms with Crippen molar-refractivity contribution in [2.75, 3.05) is 6.61 Å². The molecule has 4 heteroatoms. The van der Waals surface area contributed by atoms with Gasteiger partial charge in [0, 0.05) is 0 Å². The zero-order chi connectivity index (χ0) is 20.2. The number of rotatable bonds is 7. The van der Waals surface area contributed by atoms with Crippen molar-refractivity contribution in [1.29, 1.82) is 0 Å². The van der Waals surface area contributed by atoms with E-state index in [4.69, 9.17) is 14.5 Å². The number of fused-ring (bicyclic) bond motifs is 1. The molecule has 148 valence electrons. The fourth-order valence-electron chi connectivity index (χ4n) is 3.40. The van der Waals surface area contributed by atoms with E-state index >= 15 is 0 Å². The maximum Gasteiger partial charge on any atom is 0.148 e. The molecule has 0 unspecified atom stereocenters. The van der Waals surface area contributed by atoms with E-state index in [-0.39, 0.29) is 0 Å². The predicted octanol–water partition coefficient (Wildman–Crippen LogP) is 5.62. The first-order chi connectivity index (χ1) is 14.1. The maximum absolute atomic E-state index is 6.06. The molecule has 0 radical (unpaired) electrons. The van der Waals surface area contributed by atoms with Gasteiger partial charge in [-0.15, -0.1) is 0 Å². The molecule has 0 aliphatic rings. The quantitative estimate of drug-likeness (QED) is 0.414. The van der Waals surface area contributed by atoms with Gasteiger partial charge in [-0.05, 0) is 67.8 Å². The van der Waals surface area contributed by atoms with Gasteiger partial charge in [-0.25, -0.2) is 4.98 Å². The Morgan fingerprint density at radius 2 is 1.59 bits per heavy atom. The van der Waals surface area contributed by atoms with Crippen LogP contribution in [0.4, 0.5) is 0 Å². The summed E-state index contributed by atoms with van der Waals surface area (Å²) in [4.78, 5) is 4.79. The molecule has 0 bridgehead atoms. The normalized spacial score (nSPS) is 11.0. The third-order valence-corrected chi connectivity index (χ3v) is 5.25. The largest absolute Gasteiger partial charge is 0.492 e. The minimum absolute atomic E-state index is 0.420. The second kappa shape index (κ2) is 8.39. The van der Waals surface area contributed by atoms with Gasteiger partial charge in [-0.3, -0.25) is 0 Å². The summed E-state index contributed by atoms with van der Waals surface area (Å²) < 4.78 is 14.3. The lowest BCUT2D eigenvalue weighted by Gasteiger charge is -2.13.